The molecule has 0 saturated carbocycles. The molecule has 0 radical (unpaired) electrons. The van der Waals surface area contributed by atoms with Crippen molar-refractivity contribution in [2.75, 3.05) is 4.90 Å². The van der Waals surface area contributed by atoms with Crippen molar-refractivity contribution < 1.29 is 19.4 Å². The number of ether oxygens (including phenoxy) is 1. The van der Waals surface area contributed by atoms with Crippen LogP contribution in [0.4, 0.5) is 5.69 Å². The van der Waals surface area contributed by atoms with Crippen molar-refractivity contribution >= 4 is 46.1 Å². The standard InChI is InChI=1S/C26H24ClNO4S/c1-14(2)32-20-10-8-17(12-16(20)4)24(29)22-23(21-6-5-11-33-21)28(26(31)25(22)30)19-13-18(27)9-7-15(19)3/h5-14,23,29H,1-4H3/b24-22-. The predicted octanol–water partition coefficient (Wildman–Crippen LogP) is 6.43. The van der Waals surface area contributed by atoms with Gasteiger partial charge in [-0.15, -0.1) is 11.3 Å². The smallest absolute Gasteiger partial charge is 0.300 e. The molecule has 2 aromatic carbocycles. The fraction of sp³-hybridized carbons (Fsp3) is 0.231. The molecule has 1 amide bonds. The normalized spacial score (nSPS) is 17.8. The van der Waals surface area contributed by atoms with Crippen molar-refractivity contribution in [2.24, 2.45) is 0 Å². The Labute approximate surface area is 201 Å². The van der Waals surface area contributed by atoms with E-state index >= 15 is 0 Å². The summed E-state index contributed by atoms with van der Waals surface area (Å²) in [5.74, 6) is -0.943. The number of hydrogen-bond acceptors (Lipinski definition) is 5. The summed E-state index contributed by atoms with van der Waals surface area (Å²) in [6.07, 6.45) is 0.00763. The van der Waals surface area contributed by atoms with E-state index in [0.29, 0.717) is 22.0 Å². The first kappa shape index (κ1) is 23.1. The minimum atomic E-state index is -0.755. The fourth-order valence-corrected chi connectivity index (χ4v) is 4.97. The summed E-state index contributed by atoms with van der Waals surface area (Å²) in [5.41, 5.74) is 2.66. The lowest BCUT2D eigenvalue weighted by Gasteiger charge is -2.26. The quantitative estimate of drug-likeness (QED) is 0.259. The van der Waals surface area contributed by atoms with Gasteiger partial charge in [0.15, 0.2) is 0 Å². The SMILES string of the molecule is Cc1cc(/C(O)=C2/C(=O)C(=O)N(c3cc(Cl)ccc3C)C2c2cccs2)ccc1OC(C)C. The summed E-state index contributed by atoms with van der Waals surface area (Å²) in [5, 5.41) is 13.6. The zero-order valence-electron chi connectivity index (χ0n) is 18.8. The van der Waals surface area contributed by atoms with Gasteiger partial charge < -0.3 is 9.84 Å². The number of ketones is 1. The summed E-state index contributed by atoms with van der Waals surface area (Å²) in [6.45, 7) is 7.60. The number of amides is 1. The highest BCUT2D eigenvalue weighted by atomic mass is 35.5. The third-order valence-electron chi connectivity index (χ3n) is 5.50. The molecule has 1 saturated heterocycles. The summed E-state index contributed by atoms with van der Waals surface area (Å²) < 4.78 is 5.78. The molecule has 33 heavy (non-hydrogen) atoms. The molecule has 4 rings (SSSR count). The molecule has 170 valence electrons. The van der Waals surface area contributed by atoms with Crippen LogP contribution in [0.5, 0.6) is 5.75 Å². The minimum absolute atomic E-state index is 0.00763. The second-order valence-corrected chi connectivity index (χ2v) is 9.68. The van der Waals surface area contributed by atoms with Gasteiger partial charge in [-0.3, -0.25) is 14.5 Å². The number of aliphatic hydroxyl groups excluding tert-OH is 1. The Bertz CT molecular complexity index is 1260. The zero-order chi connectivity index (χ0) is 23.9. The highest BCUT2D eigenvalue weighted by Gasteiger charge is 2.47. The van der Waals surface area contributed by atoms with Gasteiger partial charge in [0.05, 0.1) is 11.7 Å². The number of Topliss-reactive ketones (excluding diaryl/α,β-unsaturated/α-hetero) is 1. The van der Waals surface area contributed by atoms with Crippen molar-refractivity contribution in [1.82, 2.24) is 0 Å². The van der Waals surface area contributed by atoms with E-state index in [4.69, 9.17) is 16.3 Å². The Morgan fingerprint density at radius 3 is 2.48 bits per heavy atom. The Hall–Kier alpha value is -3.09. The number of thiophene rings is 1. The van der Waals surface area contributed by atoms with Crippen LogP contribution in [0.3, 0.4) is 0 Å². The van der Waals surface area contributed by atoms with Gasteiger partial charge in [0.2, 0.25) is 0 Å². The Balaban J connectivity index is 1.89. The lowest BCUT2D eigenvalue weighted by atomic mass is 9.98. The number of aryl methyl sites for hydroxylation is 2. The number of benzene rings is 2. The number of carbonyl (C=O) groups excluding carboxylic acids is 2. The van der Waals surface area contributed by atoms with E-state index in [9.17, 15) is 14.7 Å². The second kappa shape index (κ2) is 9.04. The molecule has 1 fully saturated rings. The molecule has 2 heterocycles. The highest BCUT2D eigenvalue weighted by molar-refractivity contribution is 7.10. The number of aliphatic hydroxyl groups is 1. The molecule has 7 heteroatoms. The van der Waals surface area contributed by atoms with Crippen LogP contribution >= 0.6 is 22.9 Å². The largest absolute Gasteiger partial charge is 0.507 e. The highest BCUT2D eigenvalue weighted by Crippen LogP contribution is 2.45. The third-order valence-corrected chi connectivity index (χ3v) is 6.66. The number of hydrogen-bond donors (Lipinski definition) is 1. The molecular weight excluding hydrogens is 458 g/mol. The Morgan fingerprint density at radius 1 is 1.09 bits per heavy atom. The van der Waals surface area contributed by atoms with Gasteiger partial charge in [-0.05, 0) is 80.6 Å². The Kier molecular flexibility index (Phi) is 6.32. The first-order valence-corrected chi connectivity index (χ1v) is 11.8. The first-order valence-electron chi connectivity index (χ1n) is 10.6. The molecule has 0 aliphatic carbocycles. The molecular formula is C26H24ClNO4S. The fourth-order valence-electron chi connectivity index (χ4n) is 3.98. The van der Waals surface area contributed by atoms with Gasteiger partial charge in [0.25, 0.3) is 11.7 Å². The molecule has 1 unspecified atom stereocenters. The van der Waals surface area contributed by atoms with E-state index in [0.717, 1.165) is 16.0 Å². The van der Waals surface area contributed by atoms with E-state index in [1.165, 1.54) is 16.2 Å². The molecule has 1 aliphatic heterocycles. The maximum absolute atomic E-state index is 13.2. The number of nitrogens with zero attached hydrogens (tertiary/aromatic N) is 1. The van der Waals surface area contributed by atoms with E-state index in [1.54, 1.807) is 36.4 Å². The van der Waals surface area contributed by atoms with E-state index in [1.807, 2.05) is 45.2 Å². The zero-order valence-corrected chi connectivity index (χ0v) is 20.3. The van der Waals surface area contributed by atoms with Gasteiger partial charge in [0, 0.05) is 21.2 Å². The summed E-state index contributed by atoms with van der Waals surface area (Å²) in [4.78, 5) is 28.7. The molecule has 1 atom stereocenters. The summed E-state index contributed by atoms with van der Waals surface area (Å²) >= 11 is 7.64. The van der Waals surface area contributed by atoms with Gasteiger partial charge in [-0.25, -0.2) is 0 Å². The Morgan fingerprint density at radius 2 is 1.85 bits per heavy atom. The lowest BCUT2D eigenvalue weighted by molar-refractivity contribution is -0.132. The van der Waals surface area contributed by atoms with Crippen LogP contribution in [0, 0.1) is 13.8 Å². The van der Waals surface area contributed by atoms with Crippen molar-refractivity contribution in [3.63, 3.8) is 0 Å². The van der Waals surface area contributed by atoms with Crippen LogP contribution in [0.25, 0.3) is 5.76 Å². The average molecular weight is 482 g/mol. The third kappa shape index (κ3) is 4.28. The van der Waals surface area contributed by atoms with Crippen LogP contribution in [-0.4, -0.2) is 22.9 Å². The van der Waals surface area contributed by atoms with E-state index in [-0.39, 0.29) is 17.4 Å². The second-order valence-electron chi connectivity index (χ2n) is 8.26. The average Bonchev–Trinajstić information content (AvgIpc) is 3.38. The molecule has 1 N–H and O–H groups in total. The van der Waals surface area contributed by atoms with Crippen LogP contribution in [0.2, 0.25) is 5.02 Å². The summed E-state index contributed by atoms with van der Waals surface area (Å²) in [7, 11) is 0. The van der Waals surface area contributed by atoms with Crippen LogP contribution in [-0.2, 0) is 9.59 Å². The van der Waals surface area contributed by atoms with E-state index in [2.05, 4.69) is 0 Å². The first-order chi connectivity index (χ1) is 15.7. The van der Waals surface area contributed by atoms with Crippen LogP contribution in [0.15, 0.2) is 59.5 Å². The van der Waals surface area contributed by atoms with Crippen molar-refractivity contribution in [3.05, 3.63) is 86.1 Å². The molecule has 1 aromatic heterocycles. The van der Waals surface area contributed by atoms with Crippen LogP contribution < -0.4 is 9.64 Å². The predicted molar refractivity (Wildman–Crippen MR) is 132 cm³/mol. The van der Waals surface area contributed by atoms with Crippen molar-refractivity contribution in [3.8, 4) is 5.75 Å². The molecule has 5 nitrogen and oxygen atoms in total. The molecule has 0 bridgehead atoms. The van der Waals surface area contributed by atoms with Gasteiger partial charge >= 0.3 is 0 Å². The van der Waals surface area contributed by atoms with Gasteiger partial charge in [0.1, 0.15) is 17.6 Å². The van der Waals surface area contributed by atoms with Crippen LogP contribution in [0.1, 0.15) is 41.5 Å². The van der Waals surface area contributed by atoms with Gasteiger partial charge in [-0.2, -0.15) is 0 Å². The number of carbonyl (C=O) groups is 2. The van der Waals surface area contributed by atoms with Crippen molar-refractivity contribution in [1.29, 1.82) is 0 Å². The topological polar surface area (TPSA) is 66.8 Å². The monoisotopic (exact) mass is 481 g/mol. The van der Waals surface area contributed by atoms with Gasteiger partial charge in [-0.1, -0.05) is 23.7 Å². The summed E-state index contributed by atoms with van der Waals surface area (Å²) in [6, 6.07) is 13.4. The molecule has 1 aliphatic rings. The lowest BCUT2D eigenvalue weighted by Crippen LogP contribution is -2.29. The minimum Gasteiger partial charge on any atom is -0.507 e. The maximum Gasteiger partial charge on any atom is 0.300 e. The van der Waals surface area contributed by atoms with Crippen molar-refractivity contribution in [2.45, 2.75) is 39.8 Å². The van der Waals surface area contributed by atoms with E-state index < -0.39 is 17.7 Å². The number of anilines is 1. The number of rotatable bonds is 5. The molecule has 0 spiro atoms. The number of halogens is 1. The maximum atomic E-state index is 13.2. The molecule has 3 aromatic rings.